The summed E-state index contributed by atoms with van der Waals surface area (Å²) in [7, 11) is 1.85. The van der Waals surface area contributed by atoms with Crippen LogP contribution in [-0.4, -0.2) is 23.2 Å². The van der Waals surface area contributed by atoms with E-state index in [1.807, 2.05) is 14.0 Å². The molecule has 2 heterocycles. The Balaban J connectivity index is 1.54. The van der Waals surface area contributed by atoms with Gasteiger partial charge in [0.2, 0.25) is 11.7 Å². The van der Waals surface area contributed by atoms with Gasteiger partial charge in [0.25, 0.3) is 0 Å². The maximum atomic E-state index is 6.48. The van der Waals surface area contributed by atoms with Crippen molar-refractivity contribution in [1.82, 2.24) is 10.2 Å². The lowest BCUT2D eigenvalue weighted by atomic mass is 9.66. The van der Waals surface area contributed by atoms with Gasteiger partial charge in [-0.3, -0.25) is 0 Å². The van der Waals surface area contributed by atoms with E-state index < -0.39 is 5.72 Å². The molecule has 0 saturated heterocycles. The van der Waals surface area contributed by atoms with Crippen LogP contribution in [0.4, 0.5) is 0 Å². The van der Waals surface area contributed by atoms with Crippen molar-refractivity contribution >= 4 is 5.96 Å². The lowest BCUT2D eigenvalue weighted by molar-refractivity contribution is -0.224. The van der Waals surface area contributed by atoms with Gasteiger partial charge in [-0.25, -0.2) is 14.9 Å². The van der Waals surface area contributed by atoms with Crippen LogP contribution in [0.1, 0.15) is 58.9 Å². The number of nitrogens with zero attached hydrogens (tertiary/aromatic N) is 3. The van der Waals surface area contributed by atoms with Crippen molar-refractivity contribution < 1.29 is 9.36 Å². The fraction of sp³-hybridized carbons (Fsp3) is 0.524. The number of hydrogen-bond acceptors (Lipinski definition) is 6. The number of nitrogens with two attached hydrogens (primary N) is 1. The second-order valence-corrected chi connectivity index (χ2v) is 8.69. The number of aryl methyl sites for hydroxylation is 2. The molecule has 0 radical (unpaired) electrons. The molecule has 4 aliphatic rings. The normalized spacial score (nSPS) is 31.5. The van der Waals surface area contributed by atoms with Crippen molar-refractivity contribution in [3.63, 3.8) is 0 Å². The number of rotatable bonds is 1. The molecule has 27 heavy (non-hydrogen) atoms. The van der Waals surface area contributed by atoms with Crippen LogP contribution >= 0.6 is 0 Å². The number of fused-ring (bicyclic) bond motifs is 4. The van der Waals surface area contributed by atoms with Crippen molar-refractivity contribution in [2.75, 3.05) is 7.05 Å². The van der Waals surface area contributed by atoms with Gasteiger partial charge in [-0.1, -0.05) is 23.4 Å². The fourth-order valence-electron chi connectivity index (χ4n) is 5.41. The zero-order valence-electron chi connectivity index (χ0n) is 15.8. The monoisotopic (exact) mass is 364 g/mol. The summed E-state index contributed by atoms with van der Waals surface area (Å²) in [5.41, 5.74) is 11.6. The van der Waals surface area contributed by atoms with Crippen molar-refractivity contribution in [1.29, 1.82) is 0 Å². The average molecular weight is 364 g/mol. The van der Waals surface area contributed by atoms with E-state index in [-0.39, 0.29) is 5.41 Å². The van der Waals surface area contributed by atoms with Gasteiger partial charge in [-0.2, -0.15) is 0 Å². The summed E-state index contributed by atoms with van der Waals surface area (Å²) in [6.45, 7) is 2.00. The Morgan fingerprint density at radius 1 is 1.26 bits per heavy atom. The largest absolute Gasteiger partial charge is 0.368 e. The Hall–Kier alpha value is -2.34. The molecular formula is C21H24N4O2. The third-order valence-corrected chi connectivity index (χ3v) is 7.08. The minimum atomic E-state index is -0.743. The van der Waals surface area contributed by atoms with Crippen LogP contribution in [0.2, 0.25) is 0 Å². The van der Waals surface area contributed by atoms with E-state index in [4.69, 9.17) is 20.1 Å². The first-order valence-electron chi connectivity index (χ1n) is 9.87. The van der Waals surface area contributed by atoms with Gasteiger partial charge in [-0.05, 0) is 62.5 Å². The van der Waals surface area contributed by atoms with E-state index in [9.17, 15) is 0 Å². The van der Waals surface area contributed by atoms with Gasteiger partial charge in [0.1, 0.15) is 5.76 Å². The lowest BCUT2D eigenvalue weighted by Gasteiger charge is -2.43. The number of hydrogen-bond donors (Lipinski definition) is 1. The summed E-state index contributed by atoms with van der Waals surface area (Å²) >= 11 is 0. The maximum absolute atomic E-state index is 6.48. The predicted molar refractivity (Wildman–Crippen MR) is 100.0 cm³/mol. The molecule has 6 heteroatoms. The highest BCUT2D eigenvalue weighted by Crippen LogP contribution is 2.61. The molecule has 1 fully saturated rings. The second kappa shape index (κ2) is 4.93. The third-order valence-electron chi connectivity index (χ3n) is 7.08. The molecule has 2 N–H and O–H groups in total. The van der Waals surface area contributed by atoms with E-state index >= 15 is 0 Å². The van der Waals surface area contributed by atoms with Crippen LogP contribution in [-0.2, 0) is 29.8 Å². The molecule has 140 valence electrons. The Morgan fingerprint density at radius 3 is 2.85 bits per heavy atom. The summed E-state index contributed by atoms with van der Waals surface area (Å²) in [4.78, 5) is 11.5. The summed E-state index contributed by atoms with van der Waals surface area (Å²) in [5, 5.41) is 5.90. The number of guanidine groups is 1. The summed E-state index contributed by atoms with van der Waals surface area (Å²) in [6.07, 6.45) is 6.22. The Kier molecular flexibility index (Phi) is 2.86. The fourth-order valence-corrected chi connectivity index (χ4v) is 5.41. The Morgan fingerprint density at radius 2 is 2.11 bits per heavy atom. The molecule has 1 saturated carbocycles. The number of aliphatic imine (C=N–C) groups is 1. The van der Waals surface area contributed by atoms with Crippen LogP contribution in [0.15, 0.2) is 27.7 Å². The first kappa shape index (κ1) is 15.7. The van der Waals surface area contributed by atoms with E-state index in [1.165, 1.54) is 35.1 Å². The molecule has 2 aromatic rings. The maximum Gasteiger partial charge on any atom is 0.221 e. The molecule has 3 aliphatic carbocycles. The number of aromatic nitrogens is 1. The minimum Gasteiger partial charge on any atom is -0.368 e. The molecule has 2 atom stereocenters. The molecule has 2 unspecified atom stereocenters. The van der Waals surface area contributed by atoms with Gasteiger partial charge in [0.15, 0.2) is 0 Å². The first-order valence-corrected chi connectivity index (χ1v) is 9.87. The van der Waals surface area contributed by atoms with E-state index in [1.54, 1.807) is 5.06 Å². The number of benzene rings is 1. The third kappa shape index (κ3) is 1.94. The number of hydroxylamine groups is 2. The molecule has 6 nitrogen and oxygen atoms in total. The van der Waals surface area contributed by atoms with Crippen molar-refractivity contribution in [2.24, 2.45) is 16.1 Å². The zero-order chi connectivity index (χ0) is 18.4. The molecule has 0 bridgehead atoms. The topological polar surface area (TPSA) is 76.9 Å². The van der Waals surface area contributed by atoms with Crippen molar-refractivity contribution in [2.45, 2.75) is 57.1 Å². The predicted octanol–water partition coefficient (Wildman–Crippen LogP) is 2.94. The van der Waals surface area contributed by atoms with Crippen LogP contribution < -0.4 is 5.73 Å². The minimum absolute atomic E-state index is 0.157. The molecule has 0 amide bonds. The first-order chi connectivity index (χ1) is 13.0. The zero-order valence-corrected chi connectivity index (χ0v) is 15.8. The van der Waals surface area contributed by atoms with Gasteiger partial charge in [0.05, 0.1) is 5.69 Å². The van der Waals surface area contributed by atoms with Crippen molar-refractivity contribution in [3.05, 3.63) is 51.9 Å². The Bertz CT molecular complexity index is 992. The molecule has 2 spiro atoms. The summed E-state index contributed by atoms with van der Waals surface area (Å²) in [6, 6.07) is 6.93. The standard InChI is InChI=1S/C21H24N4O2/c1-12-16-11-20(8-7-18(16)24-26-12)10-15-6-5-14(13-3-4-13)9-17(15)21(20)23-19(22)25(2)27-21/h5-6,9,13H,3-4,7-8,10-11H2,1-2H3,(H2,22,23). The van der Waals surface area contributed by atoms with E-state index in [0.29, 0.717) is 11.9 Å². The highest BCUT2D eigenvalue weighted by molar-refractivity contribution is 5.79. The van der Waals surface area contributed by atoms with Crippen molar-refractivity contribution in [3.8, 4) is 0 Å². The smallest absolute Gasteiger partial charge is 0.221 e. The highest BCUT2D eigenvalue weighted by atomic mass is 16.7. The van der Waals surface area contributed by atoms with Gasteiger partial charge in [-0.15, -0.1) is 0 Å². The molecule has 1 aromatic carbocycles. The highest BCUT2D eigenvalue weighted by Gasteiger charge is 2.64. The van der Waals surface area contributed by atoms with E-state index in [2.05, 4.69) is 23.4 Å². The van der Waals surface area contributed by atoms with Crippen LogP contribution in [0.5, 0.6) is 0 Å². The van der Waals surface area contributed by atoms with Gasteiger partial charge in [0, 0.05) is 23.6 Å². The van der Waals surface area contributed by atoms with Gasteiger partial charge >= 0.3 is 0 Å². The second-order valence-electron chi connectivity index (χ2n) is 8.69. The quantitative estimate of drug-likeness (QED) is 0.842. The van der Waals surface area contributed by atoms with E-state index in [0.717, 1.165) is 37.1 Å². The summed E-state index contributed by atoms with van der Waals surface area (Å²) < 4.78 is 5.49. The molecule has 6 rings (SSSR count). The average Bonchev–Trinajstić information content (AvgIpc) is 3.33. The molecular weight excluding hydrogens is 340 g/mol. The molecule has 1 aromatic heterocycles. The van der Waals surface area contributed by atoms with Crippen LogP contribution in [0.25, 0.3) is 0 Å². The lowest BCUT2D eigenvalue weighted by Crippen LogP contribution is -2.47. The van der Waals surface area contributed by atoms with Gasteiger partial charge < -0.3 is 10.3 Å². The van der Waals surface area contributed by atoms with Crippen LogP contribution in [0.3, 0.4) is 0 Å². The summed E-state index contributed by atoms with van der Waals surface area (Å²) in [5.74, 6) is 2.06. The SMILES string of the molecule is Cc1onc2c1CC1(CC2)Cc2ccc(C3CC3)cc2C12N=C(N)N(C)O2. The Labute approximate surface area is 158 Å². The van der Waals surface area contributed by atoms with Crippen LogP contribution in [0, 0.1) is 12.3 Å². The molecule has 1 aliphatic heterocycles.